The SMILES string of the molecule is O=S(=O)(O)O.O=[PH](O)O.c1cocn1.c1cocn1.c1cocn1. The number of oxazole rings is 3. The van der Waals surface area contributed by atoms with Gasteiger partial charge in [-0.15, -0.1) is 0 Å². The molecule has 13 nitrogen and oxygen atoms in total. The van der Waals surface area contributed by atoms with Crippen LogP contribution in [-0.4, -0.2) is 42.3 Å². The average molecular weight is 387 g/mol. The molecule has 3 aromatic rings. The number of rotatable bonds is 0. The molecule has 3 aromatic heterocycles. The van der Waals surface area contributed by atoms with E-state index in [1.54, 1.807) is 18.6 Å². The van der Waals surface area contributed by atoms with Crippen molar-refractivity contribution in [3.05, 3.63) is 56.6 Å². The predicted molar refractivity (Wildman–Crippen MR) is 77.1 cm³/mol. The quantitative estimate of drug-likeness (QED) is 0.310. The molecule has 4 N–H and O–H groups in total. The lowest BCUT2D eigenvalue weighted by Crippen LogP contribution is -1.89. The molecule has 0 fully saturated rings. The summed E-state index contributed by atoms with van der Waals surface area (Å²) in [4.78, 5) is 25.0. The van der Waals surface area contributed by atoms with Crippen LogP contribution in [0.5, 0.6) is 0 Å². The van der Waals surface area contributed by atoms with Gasteiger partial charge >= 0.3 is 18.7 Å². The van der Waals surface area contributed by atoms with Crippen molar-refractivity contribution >= 4 is 18.7 Å². The highest BCUT2D eigenvalue weighted by atomic mass is 32.3. The molecule has 15 heteroatoms. The summed E-state index contributed by atoms with van der Waals surface area (Å²) in [6.07, 6.45) is 13.4. The molecule has 0 saturated carbocycles. The van der Waals surface area contributed by atoms with Crippen LogP contribution in [0.4, 0.5) is 0 Å². The van der Waals surface area contributed by atoms with Gasteiger partial charge in [0.25, 0.3) is 0 Å². The van der Waals surface area contributed by atoms with E-state index in [-0.39, 0.29) is 0 Å². The van der Waals surface area contributed by atoms with Gasteiger partial charge in [0, 0.05) is 0 Å². The molecule has 3 rings (SSSR count). The summed E-state index contributed by atoms with van der Waals surface area (Å²) in [6, 6.07) is 0. The number of hydrogen-bond acceptors (Lipinski definition) is 9. The van der Waals surface area contributed by atoms with Gasteiger partial charge in [0.2, 0.25) is 0 Å². The maximum atomic E-state index is 8.74. The average Bonchev–Trinajstić information content (AvgIpc) is 3.24. The molecule has 0 unspecified atom stereocenters. The Kier molecular flexibility index (Phi) is 16.9. The van der Waals surface area contributed by atoms with E-state index in [0.29, 0.717) is 0 Å². The molecule has 3 heterocycles. The van der Waals surface area contributed by atoms with Crippen molar-refractivity contribution in [2.75, 3.05) is 0 Å². The highest BCUT2D eigenvalue weighted by Gasteiger charge is 1.84. The van der Waals surface area contributed by atoms with Crippen LogP contribution >= 0.6 is 8.25 Å². The highest BCUT2D eigenvalue weighted by Crippen LogP contribution is 1.98. The Hall–Kier alpha value is -2.35. The summed E-state index contributed by atoms with van der Waals surface area (Å²) in [6.45, 7) is 0. The molecular formula is C9H14N3O10PS. The molecule has 0 atom stereocenters. The van der Waals surface area contributed by atoms with Gasteiger partial charge < -0.3 is 23.0 Å². The standard InChI is InChI=1S/3C3H3NO.H2O4S.H3O3P/c3*1-2-5-3-4-1;1-5(2,3)4;1-4(2)3/h3*1-3H;(H2,1,2,3,4);4H,(H2,1,2,3). The minimum Gasteiger partial charge on any atom is -0.452 e. The maximum absolute atomic E-state index is 8.74. The highest BCUT2D eigenvalue weighted by molar-refractivity contribution is 7.79. The van der Waals surface area contributed by atoms with Gasteiger partial charge in [-0.3, -0.25) is 13.7 Å². The third kappa shape index (κ3) is 42.7. The predicted octanol–water partition coefficient (Wildman–Crippen LogP) is 0.732. The van der Waals surface area contributed by atoms with Crippen molar-refractivity contribution in [3.8, 4) is 0 Å². The second-order valence-corrected chi connectivity index (χ2v) is 4.22. The van der Waals surface area contributed by atoms with Gasteiger partial charge in [0.15, 0.2) is 19.2 Å². The number of nitrogens with zero attached hydrogens (tertiary/aromatic N) is 3. The molecule has 0 bridgehead atoms. The van der Waals surface area contributed by atoms with Crippen molar-refractivity contribution < 1.29 is 45.1 Å². The van der Waals surface area contributed by atoms with Crippen LogP contribution in [0.3, 0.4) is 0 Å². The largest absolute Gasteiger partial charge is 0.452 e. The first kappa shape index (κ1) is 23.9. The summed E-state index contributed by atoms with van der Waals surface area (Å²) >= 11 is 0. The molecule has 0 aromatic carbocycles. The zero-order valence-corrected chi connectivity index (χ0v) is 13.5. The Morgan fingerprint density at radius 2 is 0.958 bits per heavy atom. The minimum absolute atomic E-state index is 1.38. The van der Waals surface area contributed by atoms with Crippen LogP contribution in [0, 0.1) is 0 Å². The van der Waals surface area contributed by atoms with Crippen molar-refractivity contribution in [2.45, 2.75) is 0 Å². The van der Waals surface area contributed by atoms with Gasteiger partial charge in [-0.1, -0.05) is 0 Å². The van der Waals surface area contributed by atoms with E-state index in [1.165, 1.54) is 38.0 Å². The van der Waals surface area contributed by atoms with Crippen LogP contribution in [0.15, 0.2) is 69.8 Å². The van der Waals surface area contributed by atoms with Crippen LogP contribution in [0.2, 0.25) is 0 Å². The third-order valence-electron chi connectivity index (χ3n) is 1.04. The Bertz CT molecular complexity index is 531. The molecular weight excluding hydrogens is 373 g/mol. The lowest BCUT2D eigenvalue weighted by atomic mass is 11.0. The smallest absolute Gasteiger partial charge is 0.394 e. The van der Waals surface area contributed by atoms with Crippen molar-refractivity contribution in [1.82, 2.24) is 15.0 Å². The fraction of sp³-hybridized carbons (Fsp3) is 0. The summed E-state index contributed by atoms with van der Waals surface area (Å²) < 4.78 is 53.7. The Morgan fingerprint density at radius 1 is 0.750 bits per heavy atom. The molecule has 0 saturated heterocycles. The van der Waals surface area contributed by atoms with Gasteiger partial charge in [-0.25, -0.2) is 15.0 Å². The topological polar surface area (TPSA) is 210 Å². The van der Waals surface area contributed by atoms with Crippen LogP contribution in [0.25, 0.3) is 0 Å². The van der Waals surface area contributed by atoms with E-state index in [9.17, 15) is 0 Å². The van der Waals surface area contributed by atoms with Crippen LogP contribution < -0.4 is 0 Å². The van der Waals surface area contributed by atoms with E-state index in [4.69, 9.17) is 31.9 Å². The van der Waals surface area contributed by atoms with E-state index in [2.05, 4.69) is 28.2 Å². The Balaban J connectivity index is 0. The van der Waals surface area contributed by atoms with Crippen LogP contribution in [-0.2, 0) is 15.0 Å². The number of hydrogen-bond donors (Lipinski definition) is 4. The third-order valence-corrected chi connectivity index (χ3v) is 1.04. The lowest BCUT2D eigenvalue weighted by Gasteiger charge is -1.68. The Morgan fingerprint density at radius 3 is 1.00 bits per heavy atom. The molecule has 0 aliphatic rings. The molecule has 0 radical (unpaired) electrons. The maximum Gasteiger partial charge on any atom is 0.394 e. The monoisotopic (exact) mass is 387 g/mol. The second kappa shape index (κ2) is 17.0. The fourth-order valence-electron chi connectivity index (χ4n) is 0.527. The molecule has 0 aliphatic carbocycles. The van der Waals surface area contributed by atoms with Gasteiger partial charge in [0.05, 0.1) is 18.6 Å². The van der Waals surface area contributed by atoms with Crippen molar-refractivity contribution in [1.29, 1.82) is 0 Å². The van der Waals surface area contributed by atoms with E-state index in [1.807, 2.05) is 0 Å². The first-order chi connectivity index (χ1) is 11.2. The van der Waals surface area contributed by atoms with Crippen molar-refractivity contribution in [3.63, 3.8) is 0 Å². The van der Waals surface area contributed by atoms with E-state index >= 15 is 0 Å². The molecule has 0 spiro atoms. The fourth-order valence-corrected chi connectivity index (χ4v) is 0.527. The normalized spacial score (nSPS) is 8.88. The lowest BCUT2D eigenvalue weighted by molar-refractivity contribution is 0.380. The summed E-state index contributed by atoms with van der Waals surface area (Å²) in [5.41, 5.74) is 0. The summed E-state index contributed by atoms with van der Waals surface area (Å²) in [5, 5.41) is 0. The van der Waals surface area contributed by atoms with Crippen molar-refractivity contribution in [2.24, 2.45) is 0 Å². The first-order valence-corrected chi connectivity index (χ1v) is 8.01. The van der Waals surface area contributed by atoms with E-state index < -0.39 is 18.7 Å². The molecule has 0 amide bonds. The van der Waals surface area contributed by atoms with Gasteiger partial charge in [0.1, 0.15) is 18.8 Å². The summed E-state index contributed by atoms with van der Waals surface area (Å²) in [7, 11) is -7.80. The minimum atomic E-state index is -4.67. The first-order valence-electron chi connectivity index (χ1n) is 5.31. The molecule has 0 aliphatic heterocycles. The van der Waals surface area contributed by atoms with Gasteiger partial charge in [-0.05, 0) is 0 Å². The second-order valence-electron chi connectivity index (χ2n) is 2.76. The van der Waals surface area contributed by atoms with Gasteiger partial charge in [-0.2, -0.15) is 8.42 Å². The zero-order valence-electron chi connectivity index (χ0n) is 11.7. The van der Waals surface area contributed by atoms with Crippen LogP contribution in [0.1, 0.15) is 0 Å². The Labute approximate surface area is 136 Å². The van der Waals surface area contributed by atoms with E-state index in [0.717, 1.165) is 0 Å². The number of aromatic nitrogens is 3. The summed E-state index contributed by atoms with van der Waals surface area (Å²) in [5.74, 6) is 0. The zero-order chi connectivity index (χ0) is 18.7. The molecule has 24 heavy (non-hydrogen) atoms. The molecule has 136 valence electrons.